The van der Waals surface area contributed by atoms with Crippen molar-refractivity contribution in [3.8, 4) is 17.7 Å². The van der Waals surface area contributed by atoms with E-state index in [0.29, 0.717) is 37.6 Å². The molecule has 0 atom stereocenters. The van der Waals surface area contributed by atoms with Crippen molar-refractivity contribution in [3.05, 3.63) is 48.6 Å². The Bertz CT molecular complexity index is 1030. The molecule has 0 radical (unpaired) electrons. The molecule has 3 aromatic rings. The van der Waals surface area contributed by atoms with Crippen LogP contribution in [0.15, 0.2) is 51.8 Å². The third kappa shape index (κ3) is 3.79. The molecule has 0 saturated carbocycles. The van der Waals surface area contributed by atoms with Crippen molar-refractivity contribution in [1.29, 1.82) is 5.26 Å². The van der Waals surface area contributed by atoms with E-state index in [9.17, 15) is 10.1 Å². The minimum Gasteiger partial charge on any atom is -0.459 e. The number of nitriles is 1. The highest BCUT2D eigenvalue weighted by Crippen LogP contribution is 2.32. The molecule has 0 unspecified atom stereocenters. The Kier molecular flexibility index (Phi) is 5.53. The molecule has 8 heteroatoms. The molecule has 30 heavy (non-hydrogen) atoms. The first-order valence-electron chi connectivity index (χ1n) is 10.0. The van der Waals surface area contributed by atoms with Gasteiger partial charge in [-0.1, -0.05) is 0 Å². The zero-order valence-electron chi connectivity index (χ0n) is 17.0. The van der Waals surface area contributed by atoms with Crippen molar-refractivity contribution < 1.29 is 13.6 Å². The molecule has 0 spiro atoms. The number of hydrogen-bond donors (Lipinski definition) is 0. The summed E-state index contributed by atoms with van der Waals surface area (Å²) >= 11 is 0. The lowest BCUT2D eigenvalue weighted by molar-refractivity contribution is -0.123. The third-order valence-electron chi connectivity index (χ3n) is 5.26. The summed E-state index contributed by atoms with van der Waals surface area (Å²) in [4.78, 5) is 25.4. The summed E-state index contributed by atoms with van der Waals surface area (Å²) in [5, 5.41) is 9.46. The van der Waals surface area contributed by atoms with Crippen LogP contribution in [0.25, 0.3) is 11.7 Å². The van der Waals surface area contributed by atoms with E-state index in [2.05, 4.69) is 16.0 Å². The van der Waals surface area contributed by atoms with Crippen molar-refractivity contribution in [1.82, 2.24) is 9.97 Å². The van der Waals surface area contributed by atoms with E-state index in [1.54, 1.807) is 24.5 Å². The zero-order valence-corrected chi connectivity index (χ0v) is 17.0. The maximum Gasteiger partial charge on any atom is 0.266 e. The molecular formula is C22H23N5O3. The smallest absolute Gasteiger partial charge is 0.266 e. The predicted molar refractivity (Wildman–Crippen MR) is 111 cm³/mol. The fourth-order valence-electron chi connectivity index (χ4n) is 3.81. The van der Waals surface area contributed by atoms with E-state index < -0.39 is 0 Å². The molecule has 1 aliphatic heterocycles. The van der Waals surface area contributed by atoms with Gasteiger partial charge in [0, 0.05) is 31.2 Å². The van der Waals surface area contributed by atoms with Gasteiger partial charge in [0.25, 0.3) is 5.89 Å². The van der Waals surface area contributed by atoms with Crippen LogP contribution in [0.3, 0.4) is 0 Å². The molecule has 1 fully saturated rings. The van der Waals surface area contributed by atoms with E-state index in [4.69, 9.17) is 8.83 Å². The number of carbonyl (C=O) groups excluding carboxylic acids is 1. The lowest BCUT2D eigenvalue weighted by Gasteiger charge is -2.35. The van der Waals surface area contributed by atoms with E-state index in [1.165, 1.54) is 6.26 Å². The fourth-order valence-corrected chi connectivity index (χ4v) is 3.81. The molecule has 0 N–H and O–H groups in total. The minimum absolute atomic E-state index is 0.0371. The maximum absolute atomic E-state index is 13.2. The number of piperidine rings is 1. The zero-order chi connectivity index (χ0) is 21.1. The molecule has 154 valence electrons. The Morgan fingerprint density at radius 1 is 1.30 bits per heavy atom. The number of rotatable bonds is 5. The standard InChI is InChI=1S/C22H23N5O3/c1-15(2)27(17-5-3-9-24-14-17)21(28)16-7-10-26(11-8-16)22-18(13-23)25-20(30-22)19-6-4-12-29-19/h3-6,9,12,14-16H,7-8,10-11H2,1-2H3. The molecule has 0 aromatic carbocycles. The summed E-state index contributed by atoms with van der Waals surface area (Å²) < 4.78 is 11.2. The summed E-state index contributed by atoms with van der Waals surface area (Å²) in [7, 11) is 0. The van der Waals surface area contributed by atoms with Crippen LogP contribution in [0.2, 0.25) is 0 Å². The SMILES string of the molecule is CC(C)N(C(=O)C1CCN(c2oc(-c3ccco3)nc2C#N)CC1)c1cccnc1. The lowest BCUT2D eigenvalue weighted by Crippen LogP contribution is -2.45. The Morgan fingerprint density at radius 3 is 2.70 bits per heavy atom. The number of hydrogen-bond acceptors (Lipinski definition) is 7. The fraction of sp³-hybridized carbons (Fsp3) is 0.364. The van der Waals surface area contributed by atoms with E-state index in [0.717, 1.165) is 5.69 Å². The maximum atomic E-state index is 13.2. The number of nitrogens with zero attached hydrogens (tertiary/aromatic N) is 5. The Balaban J connectivity index is 1.48. The molecule has 1 saturated heterocycles. The normalized spacial score (nSPS) is 14.7. The van der Waals surface area contributed by atoms with E-state index in [-0.39, 0.29) is 29.5 Å². The highest BCUT2D eigenvalue weighted by atomic mass is 16.4. The van der Waals surface area contributed by atoms with Crippen molar-refractivity contribution >= 4 is 17.5 Å². The van der Waals surface area contributed by atoms with Crippen molar-refractivity contribution in [2.24, 2.45) is 5.92 Å². The number of anilines is 2. The number of pyridine rings is 1. The summed E-state index contributed by atoms with van der Waals surface area (Å²) in [6.45, 7) is 5.22. The van der Waals surface area contributed by atoms with E-state index >= 15 is 0 Å². The number of amides is 1. The van der Waals surface area contributed by atoms with Crippen LogP contribution in [0.1, 0.15) is 32.4 Å². The Hall–Kier alpha value is -3.60. The monoisotopic (exact) mass is 405 g/mol. The number of furan rings is 1. The summed E-state index contributed by atoms with van der Waals surface area (Å²) in [6.07, 6.45) is 6.29. The van der Waals surface area contributed by atoms with Gasteiger partial charge in [0.05, 0.1) is 18.1 Å². The molecule has 0 aliphatic carbocycles. The van der Waals surface area contributed by atoms with Crippen LogP contribution < -0.4 is 9.80 Å². The second kappa shape index (κ2) is 8.41. The Morgan fingerprint density at radius 2 is 2.10 bits per heavy atom. The van der Waals surface area contributed by atoms with Gasteiger partial charge in [-0.25, -0.2) is 0 Å². The van der Waals surface area contributed by atoms with Crippen LogP contribution in [0.4, 0.5) is 11.6 Å². The highest BCUT2D eigenvalue weighted by Gasteiger charge is 2.33. The van der Waals surface area contributed by atoms with Gasteiger partial charge in [-0.2, -0.15) is 10.2 Å². The van der Waals surface area contributed by atoms with Gasteiger partial charge in [0.15, 0.2) is 5.76 Å². The molecular weight excluding hydrogens is 382 g/mol. The number of aromatic nitrogens is 2. The topological polar surface area (TPSA) is 99.4 Å². The van der Waals surface area contributed by atoms with Crippen LogP contribution in [0.5, 0.6) is 0 Å². The van der Waals surface area contributed by atoms with Gasteiger partial charge in [-0.15, -0.1) is 0 Å². The predicted octanol–water partition coefficient (Wildman–Crippen LogP) is 3.86. The first kappa shape index (κ1) is 19.7. The van der Waals surface area contributed by atoms with E-state index in [1.807, 2.05) is 35.8 Å². The van der Waals surface area contributed by atoms with Gasteiger partial charge in [-0.3, -0.25) is 9.78 Å². The summed E-state index contributed by atoms with van der Waals surface area (Å²) in [5.41, 5.74) is 1.04. The second-order valence-corrected chi connectivity index (χ2v) is 7.54. The summed E-state index contributed by atoms with van der Waals surface area (Å²) in [6, 6.07) is 9.35. The first-order chi connectivity index (χ1) is 14.6. The average molecular weight is 405 g/mol. The molecule has 8 nitrogen and oxygen atoms in total. The van der Waals surface area contributed by atoms with Crippen molar-refractivity contribution in [3.63, 3.8) is 0 Å². The largest absolute Gasteiger partial charge is 0.459 e. The molecule has 3 aromatic heterocycles. The quantitative estimate of drug-likeness (QED) is 0.635. The van der Waals surface area contributed by atoms with Gasteiger partial charge in [0.2, 0.25) is 17.5 Å². The minimum atomic E-state index is -0.0955. The third-order valence-corrected chi connectivity index (χ3v) is 5.26. The van der Waals surface area contributed by atoms with Crippen molar-refractivity contribution in [2.75, 3.05) is 22.9 Å². The average Bonchev–Trinajstić information content (AvgIpc) is 3.44. The molecule has 4 heterocycles. The molecule has 1 amide bonds. The summed E-state index contributed by atoms with van der Waals surface area (Å²) in [5.74, 6) is 1.20. The van der Waals surface area contributed by atoms with Crippen LogP contribution in [-0.4, -0.2) is 35.0 Å². The molecule has 1 aliphatic rings. The number of oxazole rings is 1. The van der Waals surface area contributed by atoms with Crippen LogP contribution in [-0.2, 0) is 4.79 Å². The molecule has 4 rings (SSSR count). The molecule has 0 bridgehead atoms. The van der Waals surface area contributed by atoms with Crippen LogP contribution in [0, 0.1) is 17.2 Å². The highest BCUT2D eigenvalue weighted by molar-refractivity contribution is 5.95. The van der Waals surface area contributed by atoms with Gasteiger partial charge >= 0.3 is 0 Å². The Labute approximate surface area is 174 Å². The van der Waals surface area contributed by atoms with Crippen LogP contribution >= 0.6 is 0 Å². The van der Waals surface area contributed by atoms with Gasteiger partial charge < -0.3 is 18.6 Å². The van der Waals surface area contributed by atoms with Crippen molar-refractivity contribution in [2.45, 2.75) is 32.7 Å². The number of carbonyl (C=O) groups is 1. The van der Waals surface area contributed by atoms with Gasteiger partial charge in [-0.05, 0) is 51.0 Å². The van der Waals surface area contributed by atoms with Gasteiger partial charge in [0.1, 0.15) is 6.07 Å². The lowest BCUT2D eigenvalue weighted by atomic mass is 9.94. The first-order valence-corrected chi connectivity index (χ1v) is 10.0. The second-order valence-electron chi connectivity index (χ2n) is 7.54.